The van der Waals surface area contributed by atoms with Gasteiger partial charge in [0.1, 0.15) is 6.04 Å². The number of esters is 1. The number of hydrogen-bond donors (Lipinski definition) is 1. The molecule has 0 spiro atoms. The van der Waals surface area contributed by atoms with Gasteiger partial charge in [0.25, 0.3) is 0 Å². The summed E-state index contributed by atoms with van der Waals surface area (Å²) < 4.78 is 69.0. The zero-order valence-electron chi connectivity index (χ0n) is 16.3. The lowest BCUT2D eigenvalue weighted by molar-refractivity contribution is -0.138. The van der Waals surface area contributed by atoms with E-state index in [1.54, 1.807) is 0 Å². The van der Waals surface area contributed by atoms with E-state index in [2.05, 4.69) is 20.3 Å². The summed E-state index contributed by atoms with van der Waals surface area (Å²) in [4.78, 5) is 23.8. The number of benzene rings is 1. The number of halogens is 3. The van der Waals surface area contributed by atoms with Crippen molar-refractivity contribution in [3.8, 4) is 0 Å². The highest BCUT2D eigenvalue weighted by molar-refractivity contribution is 8.01. The summed E-state index contributed by atoms with van der Waals surface area (Å²) in [5.41, 5.74) is -1.37. The molecule has 31 heavy (non-hydrogen) atoms. The highest BCUT2D eigenvalue weighted by atomic mass is 32.2. The predicted octanol–water partition coefficient (Wildman–Crippen LogP) is 2.62. The van der Waals surface area contributed by atoms with Crippen molar-refractivity contribution in [2.75, 3.05) is 28.7 Å². The van der Waals surface area contributed by atoms with Crippen LogP contribution in [0.4, 0.5) is 24.0 Å². The van der Waals surface area contributed by atoms with Gasteiger partial charge in [-0.1, -0.05) is 29.2 Å². The Bertz CT molecular complexity index is 1060. The van der Waals surface area contributed by atoms with E-state index in [4.69, 9.17) is 0 Å². The summed E-state index contributed by atoms with van der Waals surface area (Å²) in [7, 11) is -2.89. The van der Waals surface area contributed by atoms with Gasteiger partial charge in [0.05, 0.1) is 30.4 Å². The number of carbonyl (C=O) groups is 2. The topological polar surface area (TPSA) is 119 Å². The first kappa shape index (κ1) is 24.9. The van der Waals surface area contributed by atoms with E-state index < -0.39 is 39.7 Å². The number of amides is 1. The molecule has 0 saturated heterocycles. The van der Waals surface area contributed by atoms with Crippen LogP contribution in [0.15, 0.2) is 28.6 Å². The minimum absolute atomic E-state index is 0.0209. The molecular formula is C16H17F3N4O5S3. The number of thioether (sulfide) groups is 1. The third-order valence-corrected chi connectivity index (χ3v) is 6.88. The number of anilines is 2. The van der Waals surface area contributed by atoms with Crippen molar-refractivity contribution in [2.45, 2.75) is 23.5 Å². The molecular weight excluding hydrogens is 481 g/mol. The summed E-state index contributed by atoms with van der Waals surface area (Å²) in [5, 5.41) is 9.92. The lowest BCUT2D eigenvalue weighted by Gasteiger charge is -2.28. The average molecular weight is 499 g/mol. The van der Waals surface area contributed by atoms with Crippen molar-refractivity contribution in [1.29, 1.82) is 0 Å². The van der Waals surface area contributed by atoms with E-state index in [1.165, 1.54) is 14.0 Å². The Morgan fingerprint density at radius 1 is 1.32 bits per heavy atom. The van der Waals surface area contributed by atoms with Crippen LogP contribution in [0.5, 0.6) is 0 Å². The molecule has 1 amide bonds. The second-order valence-electron chi connectivity index (χ2n) is 6.01. The molecule has 0 fully saturated rings. The fourth-order valence-electron chi connectivity index (χ4n) is 2.34. The molecule has 0 aliphatic carbocycles. The van der Waals surface area contributed by atoms with E-state index in [1.807, 2.05) is 0 Å². The number of sulfonamides is 1. The summed E-state index contributed by atoms with van der Waals surface area (Å²) in [5.74, 6) is -1.33. The van der Waals surface area contributed by atoms with Gasteiger partial charge in [-0.3, -0.25) is 19.2 Å². The van der Waals surface area contributed by atoms with Crippen molar-refractivity contribution >= 4 is 55.8 Å². The Morgan fingerprint density at radius 3 is 2.58 bits per heavy atom. The van der Waals surface area contributed by atoms with E-state index in [9.17, 15) is 31.2 Å². The molecule has 9 nitrogen and oxygen atoms in total. The van der Waals surface area contributed by atoms with Gasteiger partial charge in [-0.25, -0.2) is 8.42 Å². The average Bonchev–Trinajstić information content (AvgIpc) is 3.11. The van der Waals surface area contributed by atoms with Crippen LogP contribution in [-0.2, 0) is 30.5 Å². The van der Waals surface area contributed by atoms with E-state index in [0.717, 1.165) is 47.6 Å². The number of methoxy groups -OCH3 is 1. The molecule has 1 atom stereocenters. The van der Waals surface area contributed by atoms with Crippen molar-refractivity contribution in [2.24, 2.45) is 0 Å². The van der Waals surface area contributed by atoms with Crippen LogP contribution in [0.3, 0.4) is 0 Å². The molecule has 0 unspecified atom stereocenters. The van der Waals surface area contributed by atoms with Gasteiger partial charge in [-0.05, 0) is 25.1 Å². The third kappa shape index (κ3) is 6.80. The molecule has 1 heterocycles. The molecule has 15 heteroatoms. The Hall–Kier alpha value is -2.39. The number of alkyl halides is 3. The quantitative estimate of drug-likeness (QED) is 0.335. The number of ether oxygens (including phenoxy) is 1. The first-order valence-corrected chi connectivity index (χ1v) is 12.0. The molecule has 0 aliphatic rings. The maximum Gasteiger partial charge on any atom is 0.416 e. The monoisotopic (exact) mass is 498 g/mol. The molecule has 1 N–H and O–H groups in total. The number of carbonyl (C=O) groups excluding carboxylic acids is 2. The molecule has 0 aliphatic heterocycles. The van der Waals surface area contributed by atoms with E-state index in [-0.39, 0.29) is 16.6 Å². The Labute approximate surface area is 184 Å². The van der Waals surface area contributed by atoms with Crippen LogP contribution in [0, 0.1) is 0 Å². The fraction of sp³-hybridized carbons (Fsp3) is 0.375. The van der Waals surface area contributed by atoms with Crippen LogP contribution in [0.1, 0.15) is 12.5 Å². The largest absolute Gasteiger partial charge is 0.468 e. The second kappa shape index (κ2) is 9.82. The number of rotatable bonds is 8. The SMILES string of the molecule is COC(=O)CSc1nnc(NC(=O)[C@H](C)N(c2cccc(C(F)(F)F)c2)S(C)(=O)=O)s1. The summed E-state index contributed by atoms with van der Waals surface area (Å²) in [6.45, 7) is 1.23. The number of nitrogens with zero attached hydrogens (tertiary/aromatic N) is 3. The van der Waals surface area contributed by atoms with Crippen molar-refractivity contribution in [1.82, 2.24) is 10.2 Å². The number of aromatic nitrogens is 2. The van der Waals surface area contributed by atoms with E-state index in [0.29, 0.717) is 14.7 Å². The zero-order chi connectivity index (χ0) is 23.4. The normalized spacial score (nSPS) is 12.8. The van der Waals surface area contributed by atoms with Crippen molar-refractivity contribution < 1.29 is 35.9 Å². The minimum atomic E-state index is -4.69. The molecule has 1 aromatic heterocycles. The van der Waals surface area contributed by atoms with Gasteiger partial charge < -0.3 is 4.74 Å². The van der Waals surface area contributed by atoms with Gasteiger partial charge in [0, 0.05) is 0 Å². The summed E-state index contributed by atoms with van der Waals surface area (Å²) in [6, 6.07) is 2.26. The second-order valence-corrected chi connectivity index (χ2v) is 10.1. The maximum absolute atomic E-state index is 13.0. The fourth-order valence-corrected chi connectivity index (χ4v) is 5.09. The van der Waals surface area contributed by atoms with Crippen LogP contribution < -0.4 is 9.62 Å². The molecule has 1 aromatic carbocycles. The zero-order valence-corrected chi connectivity index (χ0v) is 18.8. The van der Waals surface area contributed by atoms with Crippen LogP contribution in [-0.4, -0.2) is 55.7 Å². The first-order chi connectivity index (χ1) is 14.3. The lowest BCUT2D eigenvalue weighted by Crippen LogP contribution is -2.45. The van der Waals surface area contributed by atoms with Crippen LogP contribution >= 0.6 is 23.1 Å². The van der Waals surface area contributed by atoms with Gasteiger partial charge in [0.15, 0.2) is 4.34 Å². The molecule has 170 valence electrons. The summed E-state index contributed by atoms with van der Waals surface area (Å²) in [6.07, 6.45) is -3.90. The first-order valence-electron chi connectivity index (χ1n) is 8.33. The lowest BCUT2D eigenvalue weighted by atomic mass is 10.2. The Kier molecular flexibility index (Phi) is 7.88. The standard InChI is InChI=1S/C16H17F3N4O5S3/c1-9(13(25)20-14-21-22-15(30-14)29-8-12(24)28-2)23(31(3,26)27)11-6-4-5-10(7-11)16(17,18)19/h4-7,9H,8H2,1-3H3,(H,20,21,25)/t9-/m0/s1. The van der Waals surface area contributed by atoms with Gasteiger partial charge in [0.2, 0.25) is 21.1 Å². The molecule has 2 rings (SSSR count). The third-order valence-electron chi connectivity index (χ3n) is 3.69. The maximum atomic E-state index is 13.0. The smallest absolute Gasteiger partial charge is 0.416 e. The molecule has 0 radical (unpaired) electrons. The molecule has 0 bridgehead atoms. The Balaban J connectivity index is 2.21. The van der Waals surface area contributed by atoms with Crippen molar-refractivity contribution in [3.63, 3.8) is 0 Å². The minimum Gasteiger partial charge on any atom is -0.468 e. The highest BCUT2D eigenvalue weighted by Crippen LogP contribution is 2.33. The van der Waals surface area contributed by atoms with Gasteiger partial charge in [-0.15, -0.1) is 10.2 Å². The summed E-state index contributed by atoms with van der Waals surface area (Å²) >= 11 is 1.96. The van der Waals surface area contributed by atoms with Gasteiger partial charge in [-0.2, -0.15) is 13.2 Å². The molecule has 0 saturated carbocycles. The predicted molar refractivity (Wildman–Crippen MR) is 110 cm³/mol. The highest BCUT2D eigenvalue weighted by Gasteiger charge is 2.34. The molecule has 2 aromatic rings. The van der Waals surface area contributed by atoms with E-state index >= 15 is 0 Å². The number of nitrogens with one attached hydrogen (secondary N) is 1. The van der Waals surface area contributed by atoms with Crippen LogP contribution in [0.2, 0.25) is 0 Å². The van der Waals surface area contributed by atoms with Crippen LogP contribution in [0.25, 0.3) is 0 Å². The number of hydrogen-bond acceptors (Lipinski definition) is 9. The van der Waals surface area contributed by atoms with Crippen molar-refractivity contribution in [3.05, 3.63) is 29.8 Å². The van der Waals surface area contributed by atoms with Gasteiger partial charge >= 0.3 is 12.1 Å². The Morgan fingerprint density at radius 2 is 2.00 bits per heavy atom.